The van der Waals surface area contributed by atoms with Gasteiger partial charge in [-0.2, -0.15) is 0 Å². The first-order valence-electron chi connectivity index (χ1n) is 10.9. The lowest BCUT2D eigenvalue weighted by molar-refractivity contribution is -0.128. The van der Waals surface area contributed by atoms with E-state index in [-0.39, 0.29) is 24.9 Å². The molecule has 0 aromatic heterocycles. The molecule has 1 aliphatic heterocycles. The zero-order valence-electron chi connectivity index (χ0n) is 19.8. The molecule has 186 valence electrons. The molecule has 0 spiro atoms. The lowest BCUT2D eigenvalue weighted by Crippen LogP contribution is -2.51. The van der Waals surface area contributed by atoms with Crippen molar-refractivity contribution in [2.45, 2.75) is 24.5 Å². The number of aromatic hydroxyl groups is 1. The van der Waals surface area contributed by atoms with Crippen LogP contribution in [0.1, 0.15) is 16.7 Å². The summed E-state index contributed by atoms with van der Waals surface area (Å²) in [7, 11) is 3.09. The molecule has 0 saturated heterocycles. The molecule has 0 aliphatic carbocycles. The number of nitrogens with zero attached hydrogens (tertiary/aromatic N) is 1. The molecule has 3 N–H and O–H groups in total. The summed E-state index contributed by atoms with van der Waals surface area (Å²) in [5.74, 6) is 0.259. The molecule has 1 atom stereocenters. The molecule has 0 saturated carbocycles. The molecular weight excluding hydrogens is 532 g/mol. The van der Waals surface area contributed by atoms with E-state index in [9.17, 15) is 15.0 Å². The first-order chi connectivity index (χ1) is 16.8. The zero-order chi connectivity index (χ0) is 25.5. The average Bonchev–Trinajstić information content (AvgIpc) is 2.85. The normalized spacial score (nSPS) is 17.0. The molecule has 0 bridgehead atoms. The number of carbonyl (C=O) groups is 1. The number of aliphatic hydroxyl groups is 1. The minimum absolute atomic E-state index is 0.00427. The summed E-state index contributed by atoms with van der Waals surface area (Å²) < 4.78 is 11.3. The van der Waals surface area contributed by atoms with Crippen LogP contribution in [0.2, 0.25) is 0 Å². The standard InChI is InChI=1S/C26H29BrN2O5S/c1-16-11-19(24(35)21(31)12-16)20-13-28-25(18(9-10-30)23(27)22(34-3)15-33-2)29(26(20)32)14-17-7-5-4-6-8-17/h4-9,11-13,25,28,30-31,35H,10,14-15H2,1-3H3/b18-9+,23-22-. The highest BCUT2D eigenvalue weighted by molar-refractivity contribution is 9.12. The van der Waals surface area contributed by atoms with Crippen LogP contribution in [0.3, 0.4) is 0 Å². The van der Waals surface area contributed by atoms with Crippen molar-refractivity contribution < 1.29 is 24.5 Å². The van der Waals surface area contributed by atoms with Gasteiger partial charge in [0.1, 0.15) is 24.3 Å². The summed E-state index contributed by atoms with van der Waals surface area (Å²) in [4.78, 5) is 15.9. The van der Waals surface area contributed by atoms with E-state index in [2.05, 4.69) is 33.9 Å². The van der Waals surface area contributed by atoms with Crippen molar-refractivity contribution in [3.05, 3.63) is 87.2 Å². The third kappa shape index (κ3) is 6.10. The van der Waals surface area contributed by atoms with Crippen LogP contribution in [0.4, 0.5) is 0 Å². The van der Waals surface area contributed by atoms with Crippen molar-refractivity contribution in [2.75, 3.05) is 27.4 Å². The highest BCUT2D eigenvalue weighted by Gasteiger charge is 2.35. The van der Waals surface area contributed by atoms with Crippen LogP contribution in [0, 0.1) is 6.92 Å². The van der Waals surface area contributed by atoms with Gasteiger partial charge in [-0.3, -0.25) is 4.79 Å². The number of hydrogen-bond donors (Lipinski definition) is 4. The number of amides is 1. The molecule has 35 heavy (non-hydrogen) atoms. The Bertz CT molecular complexity index is 1160. The maximum atomic E-state index is 13.9. The Morgan fingerprint density at radius 3 is 2.60 bits per heavy atom. The highest BCUT2D eigenvalue weighted by atomic mass is 79.9. The van der Waals surface area contributed by atoms with Crippen LogP contribution in [0.5, 0.6) is 5.75 Å². The van der Waals surface area contributed by atoms with Crippen LogP contribution in [-0.2, 0) is 20.8 Å². The number of nitrogens with one attached hydrogen (secondary N) is 1. The van der Waals surface area contributed by atoms with E-state index in [0.717, 1.165) is 11.1 Å². The van der Waals surface area contributed by atoms with Gasteiger partial charge in [0.25, 0.3) is 5.91 Å². The van der Waals surface area contributed by atoms with Crippen molar-refractivity contribution in [1.29, 1.82) is 0 Å². The molecule has 0 fully saturated rings. The van der Waals surface area contributed by atoms with Gasteiger partial charge in [0.15, 0.2) is 0 Å². The first-order valence-corrected chi connectivity index (χ1v) is 12.1. The van der Waals surface area contributed by atoms with Gasteiger partial charge >= 0.3 is 0 Å². The molecule has 1 unspecified atom stereocenters. The number of phenolic OH excluding ortho intramolecular Hbond substituents is 1. The first kappa shape index (κ1) is 26.9. The lowest BCUT2D eigenvalue weighted by atomic mass is 9.98. The third-order valence-corrected chi connectivity index (χ3v) is 6.90. The van der Waals surface area contributed by atoms with E-state index in [1.165, 1.54) is 7.11 Å². The fourth-order valence-corrected chi connectivity index (χ4v) is 4.77. The molecule has 1 heterocycles. The van der Waals surface area contributed by atoms with Gasteiger partial charge in [-0.25, -0.2) is 0 Å². The van der Waals surface area contributed by atoms with E-state index < -0.39 is 6.17 Å². The number of thiol groups is 1. The van der Waals surface area contributed by atoms with E-state index >= 15 is 0 Å². The van der Waals surface area contributed by atoms with Gasteiger partial charge in [-0.05, 0) is 46.1 Å². The smallest absolute Gasteiger partial charge is 0.258 e. The summed E-state index contributed by atoms with van der Waals surface area (Å²) >= 11 is 8.03. The monoisotopic (exact) mass is 560 g/mol. The Kier molecular flexibility index (Phi) is 9.45. The second-order valence-corrected chi connectivity index (χ2v) is 9.18. The van der Waals surface area contributed by atoms with Crippen molar-refractivity contribution in [3.8, 4) is 5.75 Å². The van der Waals surface area contributed by atoms with Gasteiger partial charge in [-0.1, -0.05) is 36.4 Å². The summed E-state index contributed by atoms with van der Waals surface area (Å²) in [6, 6.07) is 13.0. The lowest BCUT2D eigenvalue weighted by Gasteiger charge is -2.38. The molecular formula is C26H29BrN2O5S. The number of phenols is 1. The number of hydrogen-bond acceptors (Lipinski definition) is 7. The van der Waals surface area contributed by atoms with E-state index in [4.69, 9.17) is 9.47 Å². The quantitative estimate of drug-likeness (QED) is 0.209. The Labute approximate surface area is 219 Å². The van der Waals surface area contributed by atoms with Crippen LogP contribution in [-0.4, -0.2) is 54.6 Å². The summed E-state index contributed by atoms with van der Waals surface area (Å²) in [5, 5.41) is 23.4. The molecule has 7 nitrogen and oxygen atoms in total. The van der Waals surface area contributed by atoms with E-state index in [1.807, 2.05) is 43.3 Å². The molecule has 2 aromatic rings. The molecule has 1 aliphatic rings. The number of benzene rings is 2. The Hall–Kier alpha value is -2.72. The van der Waals surface area contributed by atoms with Crippen LogP contribution in [0.25, 0.3) is 5.57 Å². The van der Waals surface area contributed by atoms with Crippen LogP contribution in [0.15, 0.2) is 75.5 Å². The van der Waals surface area contributed by atoms with Crippen molar-refractivity contribution in [3.63, 3.8) is 0 Å². The number of ether oxygens (including phenoxy) is 2. The van der Waals surface area contributed by atoms with Crippen LogP contribution < -0.4 is 5.32 Å². The van der Waals surface area contributed by atoms with Crippen LogP contribution >= 0.6 is 28.6 Å². The number of aliphatic hydroxyl groups excluding tert-OH is 1. The summed E-state index contributed by atoms with van der Waals surface area (Å²) in [5.41, 5.74) is 3.24. The Balaban J connectivity index is 2.14. The van der Waals surface area contributed by atoms with E-state index in [1.54, 1.807) is 30.4 Å². The van der Waals surface area contributed by atoms with Crippen molar-refractivity contribution in [2.24, 2.45) is 0 Å². The predicted molar refractivity (Wildman–Crippen MR) is 142 cm³/mol. The Morgan fingerprint density at radius 2 is 1.97 bits per heavy atom. The minimum atomic E-state index is -0.628. The van der Waals surface area contributed by atoms with E-state index in [0.29, 0.717) is 38.4 Å². The van der Waals surface area contributed by atoms with Crippen molar-refractivity contribution in [1.82, 2.24) is 10.2 Å². The topological polar surface area (TPSA) is 91.3 Å². The maximum Gasteiger partial charge on any atom is 0.258 e. The number of aryl methyl sites for hydroxylation is 1. The minimum Gasteiger partial charge on any atom is -0.507 e. The molecule has 3 rings (SSSR count). The fraction of sp³-hybridized carbons (Fsp3) is 0.269. The second-order valence-electron chi connectivity index (χ2n) is 7.94. The molecule has 2 aromatic carbocycles. The van der Waals surface area contributed by atoms with Gasteiger partial charge in [0.2, 0.25) is 0 Å². The number of rotatable bonds is 9. The summed E-state index contributed by atoms with van der Waals surface area (Å²) in [6.07, 6.45) is 2.61. The van der Waals surface area contributed by atoms with Gasteiger partial charge in [-0.15, -0.1) is 12.6 Å². The maximum absolute atomic E-state index is 13.9. The number of carbonyl (C=O) groups excluding carboxylic acids is 1. The summed E-state index contributed by atoms with van der Waals surface area (Å²) in [6.45, 7) is 2.09. The molecule has 1 amide bonds. The zero-order valence-corrected chi connectivity index (χ0v) is 22.3. The average molecular weight is 561 g/mol. The fourth-order valence-electron chi connectivity index (χ4n) is 3.87. The highest BCUT2D eigenvalue weighted by Crippen LogP contribution is 2.36. The van der Waals surface area contributed by atoms with Gasteiger partial charge in [0.05, 0.1) is 28.7 Å². The number of halogens is 1. The van der Waals surface area contributed by atoms with Gasteiger partial charge < -0.3 is 29.9 Å². The molecule has 0 radical (unpaired) electrons. The predicted octanol–water partition coefficient (Wildman–Crippen LogP) is 4.11. The largest absolute Gasteiger partial charge is 0.507 e. The Morgan fingerprint density at radius 1 is 1.26 bits per heavy atom. The third-order valence-electron chi connectivity index (χ3n) is 5.53. The van der Waals surface area contributed by atoms with Crippen molar-refractivity contribution >= 4 is 40.0 Å². The SMILES string of the molecule is COC/C(OC)=C(Br)\C(=C/CO)C1NC=C(c2cc(C)cc(O)c2S)C(=O)N1Cc1ccccc1. The van der Waals surface area contributed by atoms with Gasteiger partial charge in [0, 0.05) is 31.0 Å². The second kappa shape index (κ2) is 12.3. The number of methoxy groups -OCH3 is 2. The molecule has 9 heteroatoms.